The first-order chi connectivity index (χ1) is 12.2. The summed E-state index contributed by atoms with van der Waals surface area (Å²) in [5, 5.41) is 8.86. The summed E-state index contributed by atoms with van der Waals surface area (Å²) >= 11 is 0. The zero-order valence-corrected chi connectivity index (χ0v) is 14.1. The topological polar surface area (TPSA) is 68.9 Å². The second-order valence-electron chi connectivity index (χ2n) is 6.57. The molecule has 0 radical (unpaired) electrons. The first kappa shape index (κ1) is 15.8. The average Bonchev–Trinajstić information content (AvgIpc) is 3.49. The monoisotopic (exact) mass is 338 g/mol. The van der Waals surface area contributed by atoms with Crippen LogP contribution in [0.5, 0.6) is 0 Å². The molecule has 1 saturated heterocycles. The van der Waals surface area contributed by atoms with E-state index >= 15 is 0 Å². The van der Waals surface area contributed by atoms with E-state index in [0.29, 0.717) is 36.1 Å². The summed E-state index contributed by atoms with van der Waals surface area (Å²) in [7, 11) is 0. The number of aromatic nitrogens is 3. The van der Waals surface area contributed by atoms with Crippen LogP contribution in [0, 0.1) is 24.1 Å². The van der Waals surface area contributed by atoms with Crippen LogP contribution in [0.15, 0.2) is 18.3 Å². The molecule has 4 rings (SSSR count). The zero-order valence-electron chi connectivity index (χ0n) is 14.1. The number of hydrogen-bond donors (Lipinski definition) is 0. The highest BCUT2D eigenvalue weighted by atomic mass is 19.1. The molecule has 2 fully saturated rings. The number of aryl methyl sites for hydroxylation is 1. The van der Waals surface area contributed by atoms with Crippen LogP contribution < -0.4 is 9.80 Å². The van der Waals surface area contributed by atoms with Crippen molar-refractivity contribution < 1.29 is 4.39 Å². The van der Waals surface area contributed by atoms with Gasteiger partial charge in [-0.05, 0) is 31.9 Å². The molecule has 25 heavy (non-hydrogen) atoms. The molecule has 0 N–H and O–H groups in total. The second kappa shape index (κ2) is 6.28. The Labute approximate surface area is 145 Å². The maximum Gasteiger partial charge on any atom is 0.186 e. The molecule has 128 valence electrons. The van der Waals surface area contributed by atoms with Gasteiger partial charge in [0.05, 0.1) is 11.3 Å². The van der Waals surface area contributed by atoms with Crippen LogP contribution in [-0.2, 0) is 0 Å². The maximum atomic E-state index is 14.5. The predicted octanol–water partition coefficient (Wildman–Crippen LogP) is 2.39. The maximum absolute atomic E-state index is 14.5. The van der Waals surface area contributed by atoms with E-state index in [-0.39, 0.29) is 5.82 Å². The van der Waals surface area contributed by atoms with Gasteiger partial charge < -0.3 is 9.80 Å². The van der Waals surface area contributed by atoms with Gasteiger partial charge in [-0.3, -0.25) is 0 Å². The minimum Gasteiger partial charge on any atom is -0.353 e. The highest BCUT2D eigenvalue weighted by molar-refractivity contribution is 5.47. The summed E-state index contributed by atoms with van der Waals surface area (Å²) in [6.07, 6.45) is 3.78. The van der Waals surface area contributed by atoms with E-state index in [1.54, 1.807) is 19.2 Å². The first-order valence-corrected chi connectivity index (χ1v) is 8.56. The van der Waals surface area contributed by atoms with Gasteiger partial charge in [0.15, 0.2) is 11.6 Å². The summed E-state index contributed by atoms with van der Waals surface area (Å²) in [5.74, 6) is 2.15. The summed E-state index contributed by atoms with van der Waals surface area (Å²) in [5.41, 5.74) is 0.983. The summed E-state index contributed by atoms with van der Waals surface area (Å²) in [4.78, 5) is 17.3. The highest BCUT2D eigenvalue weighted by Crippen LogP contribution is 2.39. The quantitative estimate of drug-likeness (QED) is 0.856. The Balaban J connectivity index is 1.49. The standard InChI is InChI=1S/C18H19FN6/c1-12-16(19)18(23-17(22-12)14-3-4-14)25-8-6-24(7-9-25)15-5-2-13(10-20)11-21-15/h2,5,11,14H,3-4,6-9H2,1H3. The van der Waals surface area contributed by atoms with Gasteiger partial charge in [-0.2, -0.15) is 5.26 Å². The highest BCUT2D eigenvalue weighted by Gasteiger charge is 2.30. The molecule has 0 bridgehead atoms. The molecule has 6 nitrogen and oxygen atoms in total. The second-order valence-corrected chi connectivity index (χ2v) is 6.57. The normalized spacial score (nSPS) is 17.5. The van der Waals surface area contributed by atoms with Crippen molar-refractivity contribution in [2.45, 2.75) is 25.7 Å². The van der Waals surface area contributed by atoms with E-state index in [2.05, 4.69) is 25.9 Å². The van der Waals surface area contributed by atoms with Crippen molar-refractivity contribution in [1.29, 1.82) is 5.26 Å². The smallest absolute Gasteiger partial charge is 0.186 e. The molecular weight excluding hydrogens is 319 g/mol. The number of hydrogen-bond acceptors (Lipinski definition) is 6. The fraction of sp³-hybridized carbons (Fsp3) is 0.444. The molecule has 0 aromatic carbocycles. The van der Waals surface area contributed by atoms with Crippen LogP contribution >= 0.6 is 0 Å². The van der Waals surface area contributed by atoms with Crippen LogP contribution in [0.3, 0.4) is 0 Å². The Morgan fingerprint density at radius 1 is 1.12 bits per heavy atom. The molecule has 2 aromatic rings. The van der Waals surface area contributed by atoms with Gasteiger partial charge in [-0.15, -0.1) is 0 Å². The molecule has 1 aliphatic heterocycles. The molecule has 1 saturated carbocycles. The van der Waals surface area contributed by atoms with Crippen LogP contribution in [0.1, 0.15) is 35.8 Å². The Hall–Kier alpha value is -2.75. The number of piperazine rings is 1. The molecule has 2 aromatic heterocycles. The third kappa shape index (κ3) is 3.12. The Bertz CT molecular complexity index is 817. The number of halogens is 1. The van der Waals surface area contributed by atoms with Gasteiger partial charge >= 0.3 is 0 Å². The third-order valence-electron chi connectivity index (χ3n) is 4.74. The van der Waals surface area contributed by atoms with Crippen molar-refractivity contribution >= 4 is 11.6 Å². The van der Waals surface area contributed by atoms with Gasteiger partial charge in [0.25, 0.3) is 0 Å². The molecule has 2 aliphatic rings. The lowest BCUT2D eigenvalue weighted by molar-refractivity contribution is 0.568. The Morgan fingerprint density at radius 2 is 1.84 bits per heavy atom. The number of nitrogens with zero attached hydrogens (tertiary/aromatic N) is 6. The Morgan fingerprint density at radius 3 is 2.44 bits per heavy atom. The molecule has 3 heterocycles. The summed E-state index contributed by atoms with van der Waals surface area (Å²) < 4.78 is 14.5. The largest absolute Gasteiger partial charge is 0.353 e. The van der Waals surface area contributed by atoms with E-state index in [4.69, 9.17) is 5.26 Å². The van der Waals surface area contributed by atoms with Crippen LogP contribution in [0.25, 0.3) is 0 Å². The lowest BCUT2D eigenvalue weighted by atomic mass is 10.2. The van der Waals surface area contributed by atoms with Crippen LogP contribution in [-0.4, -0.2) is 41.1 Å². The fourth-order valence-corrected chi connectivity index (χ4v) is 3.09. The van der Waals surface area contributed by atoms with Crippen molar-refractivity contribution in [3.63, 3.8) is 0 Å². The van der Waals surface area contributed by atoms with Crippen molar-refractivity contribution in [3.05, 3.63) is 41.2 Å². The SMILES string of the molecule is Cc1nc(C2CC2)nc(N2CCN(c3ccc(C#N)cn3)CC2)c1F. The molecule has 0 spiro atoms. The first-order valence-electron chi connectivity index (χ1n) is 8.56. The number of rotatable bonds is 3. The number of anilines is 2. The zero-order chi connectivity index (χ0) is 17.4. The molecule has 7 heteroatoms. The number of nitriles is 1. The summed E-state index contributed by atoms with van der Waals surface area (Å²) in [6, 6.07) is 5.70. The van der Waals surface area contributed by atoms with E-state index < -0.39 is 0 Å². The van der Waals surface area contributed by atoms with E-state index in [1.807, 2.05) is 11.0 Å². The van der Waals surface area contributed by atoms with Crippen LogP contribution in [0.4, 0.5) is 16.0 Å². The lowest BCUT2D eigenvalue weighted by Crippen LogP contribution is -2.47. The molecule has 0 atom stereocenters. The minimum absolute atomic E-state index is 0.311. The van der Waals surface area contributed by atoms with Crippen LogP contribution in [0.2, 0.25) is 0 Å². The van der Waals surface area contributed by atoms with Crippen molar-refractivity contribution in [2.24, 2.45) is 0 Å². The van der Waals surface area contributed by atoms with Crippen molar-refractivity contribution in [2.75, 3.05) is 36.0 Å². The average molecular weight is 338 g/mol. The molecular formula is C18H19FN6. The van der Waals surface area contributed by atoms with Gasteiger partial charge in [0.2, 0.25) is 0 Å². The molecule has 0 unspecified atom stereocenters. The van der Waals surface area contributed by atoms with Gasteiger partial charge in [0, 0.05) is 38.3 Å². The van der Waals surface area contributed by atoms with E-state index in [0.717, 1.165) is 37.6 Å². The predicted molar refractivity (Wildman–Crippen MR) is 92.1 cm³/mol. The molecule has 0 amide bonds. The minimum atomic E-state index is -0.311. The Kier molecular flexibility index (Phi) is 3.96. The van der Waals surface area contributed by atoms with E-state index in [1.165, 1.54) is 0 Å². The lowest BCUT2D eigenvalue weighted by Gasteiger charge is -2.36. The van der Waals surface area contributed by atoms with Crippen molar-refractivity contribution in [1.82, 2.24) is 15.0 Å². The fourth-order valence-electron chi connectivity index (χ4n) is 3.09. The number of pyridine rings is 1. The van der Waals surface area contributed by atoms with E-state index in [9.17, 15) is 4.39 Å². The molecule has 1 aliphatic carbocycles. The summed E-state index contributed by atoms with van der Waals surface area (Å²) in [6.45, 7) is 4.54. The van der Waals surface area contributed by atoms with Gasteiger partial charge in [-0.1, -0.05) is 0 Å². The van der Waals surface area contributed by atoms with Crippen molar-refractivity contribution in [3.8, 4) is 6.07 Å². The van der Waals surface area contributed by atoms with Gasteiger partial charge in [0.1, 0.15) is 17.7 Å². The van der Waals surface area contributed by atoms with Gasteiger partial charge in [-0.25, -0.2) is 19.3 Å². The third-order valence-corrected chi connectivity index (χ3v) is 4.74.